The average molecular weight is 522 g/mol. The van der Waals surface area contributed by atoms with Crippen molar-refractivity contribution in [2.45, 2.75) is 37.6 Å². The average Bonchev–Trinajstić information content (AvgIpc) is 3.65. The van der Waals surface area contributed by atoms with Gasteiger partial charge in [0.05, 0.1) is 30.6 Å². The van der Waals surface area contributed by atoms with Crippen LogP contribution in [0.25, 0.3) is 0 Å². The Hall–Kier alpha value is -3.47. The summed E-state index contributed by atoms with van der Waals surface area (Å²) in [4.78, 5) is 19.0. The van der Waals surface area contributed by atoms with Crippen LogP contribution in [0.5, 0.6) is 5.75 Å². The fourth-order valence-electron chi connectivity index (χ4n) is 5.06. The predicted molar refractivity (Wildman–Crippen MR) is 145 cm³/mol. The number of anilines is 2. The number of hydrogen-bond acceptors (Lipinski definition) is 6. The van der Waals surface area contributed by atoms with Gasteiger partial charge in [-0.15, -0.1) is 0 Å². The van der Waals surface area contributed by atoms with Gasteiger partial charge in [0, 0.05) is 44.0 Å². The van der Waals surface area contributed by atoms with E-state index in [-0.39, 0.29) is 30.7 Å². The van der Waals surface area contributed by atoms with Crippen molar-refractivity contribution in [2.24, 2.45) is 0 Å². The van der Waals surface area contributed by atoms with Gasteiger partial charge in [-0.2, -0.15) is 0 Å². The van der Waals surface area contributed by atoms with Gasteiger partial charge < -0.3 is 34.3 Å². The molecule has 37 heavy (non-hydrogen) atoms. The molecule has 2 aliphatic heterocycles. The first-order valence-corrected chi connectivity index (χ1v) is 12.7. The van der Waals surface area contributed by atoms with E-state index < -0.39 is 0 Å². The van der Waals surface area contributed by atoms with Gasteiger partial charge in [-0.05, 0) is 67.5 Å². The fourth-order valence-corrected chi connectivity index (χ4v) is 5.41. The molecule has 3 aromatic rings. The van der Waals surface area contributed by atoms with Crippen LogP contribution in [-0.2, 0) is 20.8 Å². The molecule has 0 radical (unpaired) electrons. The highest BCUT2D eigenvalue weighted by Gasteiger charge is 2.42. The molecule has 0 bridgehead atoms. The zero-order chi connectivity index (χ0) is 25.8. The lowest BCUT2D eigenvalue weighted by Gasteiger charge is -2.30. The Bertz CT molecular complexity index is 1240. The molecule has 4 heterocycles. The van der Waals surface area contributed by atoms with Crippen molar-refractivity contribution in [1.82, 2.24) is 14.9 Å². The van der Waals surface area contributed by atoms with E-state index in [0.717, 1.165) is 43.1 Å². The third-order valence-electron chi connectivity index (χ3n) is 6.70. The summed E-state index contributed by atoms with van der Waals surface area (Å²) in [7, 11) is 3.05. The van der Waals surface area contributed by atoms with E-state index in [0.29, 0.717) is 16.5 Å². The summed E-state index contributed by atoms with van der Waals surface area (Å²) in [5.74, 6) is 0.277. The van der Waals surface area contributed by atoms with Gasteiger partial charge in [0.15, 0.2) is 5.11 Å². The maximum absolute atomic E-state index is 12.3. The van der Waals surface area contributed by atoms with Gasteiger partial charge in [-0.3, -0.25) is 9.78 Å². The zero-order valence-corrected chi connectivity index (χ0v) is 21.7. The van der Waals surface area contributed by atoms with Gasteiger partial charge >= 0.3 is 0 Å². The van der Waals surface area contributed by atoms with Crippen molar-refractivity contribution >= 4 is 34.6 Å². The van der Waals surface area contributed by atoms with Crippen LogP contribution < -0.4 is 20.3 Å². The monoisotopic (exact) mass is 521 g/mol. The van der Waals surface area contributed by atoms with Crippen LogP contribution in [0.3, 0.4) is 0 Å². The number of pyridine rings is 1. The maximum Gasteiger partial charge on any atom is 0.250 e. The molecule has 0 aliphatic carbocycles. The molecule has 5 rings (SSSR count). The predicted octanol–water partition coefficient (Wildman–Crippen LogP) is 3.83. The maximum atomic E-state index is 12.3. The first kappa shape index (κ1) is 25.2. The van der Waals surface area contributed by atoms with Crippen molar-refractivity contribution < 1.29 is 19.0 Å². The Morgan fingerprint density at radius 1 is 1.24 bits per heavy atom. The van der Waals surface area contributed by atoms with Crippen molar-refractivity contribution in [1.29, 1.82) is 0 Å². The summed E-state index contributed by atoms with van der Waals surface area (Å²) in [5, 5.41) is 6.95. The summed E-state index contributed by atoms with van der Waals surface area (Å²) in [6.07, 6.45) is 6.22. The number of carbonyl (C=O) groups is 1. The summed E-state index contributed by atoms with van der Waals surface area (Å²) in [6.45, 7) is 1.52. The highest BCUT2D eigenvalue weighted by molar-refractivity contribution is 7.80. The van der Waals surface area contributed by atoms with E-state index >= 15 is 0 Å². The summed E-state index contributed by atoms with van der Waals surface area (Å²) in [5.41, 5.74) is 3.35. The molecule has 2 saturated heterocycles. The molecule has 2 N–H and O–H groups in total. The molecule has 1 amide bonds. The number of amides is 1. The minimum absolute atomic E-state index is 0.0573. The molecule has 0 unspecified atom stereocenters. The molecule has 2 aliphatic rings. The van der Waals surface area contributed by atoms with Gasteiger partial charge in [-0.1, -0.05) is 6.07 Å². The molecule has 9 nitrogen and oxygen atoms in total. The summed E-state index contributed by atoms with van der Waals surface area (Å²) in [6, 6.07) is 15.4. The number of hydrogen-bond donors (Lipinski definition) is 2. The van der Waals surface area contributed by atoms with E-state index in [9.17, 15) is 4.79 Å². The molecule has 2 aromatic heterocycles. The molecular formula is C27H31N5O4S. The molecule has 0 spiro atoms. The normalized spacial score (nSPS) is 21.2. The quantitative estimate of drug-likeness (QED) is 0.411. The highest BCUT2D eigenvalue weighted by Crippen LogP contribution is 2.43. The lowest BCUT2D eigenvalue weighted by molar-refractivity contribution is -0.119. The smallest absolute Gasteiger partial charge is 0.250 e. The Morgan fingerprint density at radius 2 is 2.14 bits per heavy atom. The number of nitrogens with zero attached hydrogens (tertiary/aromatic N) is 3. The highest BCUT2D eigenvalue weighted by atomic mass is 32.1. The van der Waals surface area contributed by atoms with Crippen LogP contribution in [0, 0.1) is 0 Å². The van der Waals surface area contributed by atoms with Crippen LogP contribution in [-0.4, -0.2) is 54.1 Å². The molecule has 0 saturated carbocycles. The molecule has 10 heteroatoms. The van der Waals surface area contributed by atoms with Crippen LogP contribution in [0.2, 0.25) is 0 Å². The SMILES string of the molecule is COCC(=O)Nc1cc(N2C(=S)N[C@H](c3ccccn3)[C@H]2c2cccn2C[C@H]2CCCO2)ccc1OC. The van der Waals surface area contributed by atoms with E-state index in [1.54, 1.807) is 13.3 Å². The standard InChI is InChI=1S/C27H31N5O4S/c1-34-17-24(33)29-21-15-18(10-11-23(21)35-2)32-26(25(30-27(32)37)20-8-3-4-12-28-20)22-9-5-13-31(22)16-19-7-6-14-36-19/h3-5,8-13,15,19,25-26H,6-7,14,16-17H2,1-2H3,(H,29,33)(H,30,37)/t19-,25-,26-/m1/s1. The lowest BCUT2D eigenvalue weighted by atomic mass is 10.0. The van der Waals surface area contributed by atoms with E-state index in [4.69, 9.17) is 26.4 Å². The molecule has 1 aromatic carbocycles. The van der Waals surface area contributed by atoms with Crippen molar-refractivity contribution in [3.8, 4) is 5.75 Å². The largest absolute Gasteiger partial charge is 0.495 e. The number of benzene rings is 1. The van der Waals surface area contributed by atoms with Crippen LogP contribution in [0.4, 0.5) is 11.4 Å². The molecular weight excluding hydrogens is 490 g/mol. The molecule has 194 valence electrons. The van der Waals surface area contributed by atoms with Gasteiger partial charge in [0.2, 0.25) is 5.91 Å². The Labute approximate surface area is 221 Å². The van der Waals surface area contributed by atoms with E-state index in [1.165, 1.54) is 7.11 Å². The third-order valence-corrected chi connectivity index (χ3v) is 7.02. The van der Waals surface area contributed by atoms with Crippen molar-refractivity contribution in [3.05, 3.63) is 72.3 Å². The minimum atomic E-state index is -0.270. The second-order valence-electron chi connectivity index (χ2n) is 9.08. The first-order chi connectivity index (χ1) is 18.1. The summed E-state index contributed by atoms with van der Waals surface area (Å²) >= 11 is 5.89. The minimum Gasteiger partial charge on any atom is -0.495 e. The number of nitrogens with one attached hydrogen (secondary N) is 2. The second-order valence-corrected chi connectivity index (χ2v) is 9.47. The number of methoxy groups -OCH3 is 2. The van der Waals surface area contributed by atoms with E-state index in [1.807, 2.05) is 36.4 Å². The number of thiocarbonyl (C=S) groups is 1. The molecule has 2 fully saturated rings. The number of aromatic nitrogens is 2. The van der Waals surface area contributed by atoms with Crippen molar-refractivity contribution in [3.63, 3.8) is 0 Å². The van der Waals surface area contributed by atoms with Gasteiger partial charge in [-0.25, -0.2) is 0 Å². The van der Waals surface area contributed by atoms with Crippen LogP contribution in [0.15, 0.2) is 60.9 Å². The van der Waals surface area contributed by atoms with Crippen molar-refractivity contribution in [2.75, 3.05) is 37.7 Å². The van der Waals surface area contributed by atoms with Crippen LogP contribution >= 0.6 is 12.2 Å². The molecule has 3 atom stereocenters. The Kier molecular flexibility index (Phi) is 7.68. The number of rotatable bonds is 9. The summed E-state index contributed by atoms with van der Waals surface area (Å²) < 4.78 is 18.7. The number of ether oxygens (including phenoxy) is 3. The lowest BCUT2D eigenvalue weighted by Crippen LogP contribution is -2.31. The zero-order valence-electron chi connectivity index (χ0n) is 20.9. The topological polar surface area (TPSA) is 89.9 Å². The fraction of sp³-hybridized carbons (Fsp3) is 0.370. The van der Waals surface area contributed by atoms with E-state index in [2.05, 4.69) is 43.4 Å². The third kappa shape index (κ3) is 5.31. The number of carbonyl (C=O) groups excluding carboxylic acids is 1. The van der Waals surface area contributed by atoms with Gasteiger partial charge in [0.1, 0.15) is 18.4 Å². The Balaban J connectivity index is 1.56. The van der Waals surface area contributed by atoms with Gasteiger partial charge in [0.25, 0.3) is 0 Å². The first-order valence-electron chi connectivity index (χ1n) is 12.3. The second kappa shape index (κ2) is 11.3. The van der Waals surface area contributed by atoms with Crippen LogP contribution in [0.1, 0.15) is 36.3 Å². The Morgan fingerprint density at radius 3 is 2.86 bits per heavy atom.